The summed E-state index contributed by atoms with van der Waals surface area (Å²) in [6.07, 6.45) is 3.63. The summed E-state index contributed by atoms with van der Waals surface area (Å²) in [5.41, 5.74) is 4.47. The third-order valence-corrected chi connectivity index (χ3v) is 7.94. The van der Waals surface area contributed by atoms with E-state index in [-0.39, 0.29) is 6.61 Å². The predicted molar refractivity (Wildman–Crippen MR) is 195 cm³/mol. The molecule has 0 aliphatic heterocycles. The van der Waals surface area contributed by atoms with Crippen molar-refractivity contribution in [1.29, 1.82) is 0 Å². The van der Waals surface area contributed by atoms with Crippen molar-refractivity contribution in [3.8, 4) is 35.2 Å². The van der Waals surface area contributed by atoms with E-state index in [1.54, 1.807) is 42.1 Å². The van der Waals surface area contributed by atoms with Crippen molar-refractivity contribution in [2.45, 2.75) is 24.7 Å². The molecule has 0 bridgehead atoms. The van der Waals surface area contributed by atoms with E-state index >= 15 is 0 Å². The Morgan fingerprint density at radius 1 is 0.660 bits per heavy atom. The molecule has 252 valence electrons. The Hall–Kier alpha value is -5.96. The van der Waals surface area contributed by atoms with Crippen LogP contribution in [0.1, 0.15) is 51.0 Å². The first-order valence-electron chi connectivity index (χ1n) is 15.8. The number of thioether (sulfide) groups is 1. The standard InChI is InChI=1S/C42H36O7S/c1-4-40(43)47-27-6-26-46-37-21-14-33(15-22-37)10-11-35-18-25-39(31(3)30-35)49-42(45)36-19-12-32(13-20-36)8-9-34-16-23-38(24-17-34)50-29-7-28-48-41(44)5-2/h4-5,12-25,30H,1-2,6-7,26-29H2,3H3. The zero-order valence-corrected chi connectivity index (χ0v) is 28.6. The molecule has 4 aromatic carbocycles. The van der Waals surface area contributed by atoms with Crippen LogP contribution in [-0.4, -0.2) is 43.5 Å². The number of carbonyl (C=O) groups excluding carboxylic acids is 3. The van der Waals surface area contributed by atoms with Crippen LogP contribution in [0.3, 0.4) is 0 Å². The Bertz CT molecular complexity index is 1920. The highest BCUT2D eigenvalue weighted by Gasteiger charge is 2.10. The van der Waals surface area contributed by atoms with E-state index in [9.17, 15) is 14.4 Å². The van der Waals surface area contributed by atoms with Gasteiger partial charge in [0.1, 0.15) is 11.5 Å². The van der Waals surface area contributed by atoms with Crippen LogP contribution in [0, 0.1) is 30.6 Å². The van der Waals surface area contributed by atoms with E-state index in [0.29, 0.717) is 36.7 Å². The van der Waals surface area contributed by atoms with Crippen LogP contribution < -0.4 is 9.47 Å². The van der Waals surface area contributed by atoms with Gasteiger partial charge < -0.3 is 18.9 Å². The number of benzene rings is 4. The maximum atomic E-state index is 12.9. The van der Waals surface area contributed by atoms with Crippen LogP contribution in [0.25, 0.3) is 0 Å². The topological polar surface area (TPSA) is 88.1 Å². The fourth-order valence-corrected chi connectivity index (χ4v) is 5.04. The van der Waals surface area contributed by atoms with Crippen molar-refractivity contribution in [2.24, 2.45) is 0 Å². The Labute approximate surface area is 297 Å². The number of rotatable bonds is 14. The fraction of sp³-hybridized carbons (Fsp3) is 0.167. The Morgan fingerprint density at radius 3 is 1.76 bits per heavy atom. The van der Waals surface area contributed by atoms with Gasteiger partial charge in [0.05, 0.1) is 25.4 Å². The molecule has 4 rings (SSSR count). The second kappa shape index (κ2) is 19.8. The second-order valence-corrected chi connectivity index (χ2v) is 11.8. The molecule has 0 fully saturated rings. The molecule has 0 atom stereocenters. The Kier molecular flexibility index (Phi) is 14.6. The SMILES string of the molecule is C=CC(=O)OCCCOc1ccc(C#Cc2ccc(OC(=O)c3ccc(C#Cc4ccc(SCCCOC(=O)C=C)cc4)cc3)c(C)c2)cc1. The molecule has 0 saturated carbocycles. The van der Waals surface area contributed by atoms with Crippen molar-refractivity contribution in [3.63, 3.8) is 0 Å². The maximum absolute atomic E-state index is 12.9. The van der Waals surface area contributed by atoms with Crippen molar-refractivity contribution in [2.75, 3.05) is 25.6 Å². The smallest absolute Gasteiger partial charge is 0.343 e. The predicted octanol–water partition coefficient (Wildman–Crippen LogP) is 7.72. The summed E-state index contributed by atoms with van der Waals surface area (Å²) in [6, 6.07) is 27.8. The van der Waals surface area contributed by atoms with Crippen LogP contribution in [0.5, 0.6) is 11.5 Å². The second-order valence-electron chi connectivity index (χ2n) is 10.6. The van der Waals surface area contributed by atoms with E-state index in [4.69, 9.17) is 18.9 Å². The lowest BCUT2D eigenvalue weighted by atomic mass is 10.1. The normalized spacial score (nSPS) is 9.94. The number of ether oxygens (including phenoxy) is 4. The largest absolute Gasteiger partial charge is 0.493 e. The van der Waals surface area contributed by atoms with E-state index in [1.165, 1.54) is 0 Å². The quantitative estimate of drug-likeness (QED) is 0.0333. The minimum absolute atomic E-state index is 0.273. The lowest BCUT2D eigenvalue weighted by Gasteiger charge is -2.08. The average Bonchev–Trinajstić information content (AvgIpc) is 3.14. The molecule has 0 saturated heterocycles. The van der Waals surface area contributed by atoms with Gasteiger partial charge in [-0.25, -0.2) is 14.4 Å². The Morgan fingerprint density at radius 2 is 1.18 bits per heavy atom. The van der Waals surface area contributed by atoms with Crippen molar-refractivity contribution in [1.82, 2.24) is 0 Å². The van der Waals surface area contributed by atoms with Gasteiger partial charge in [0.2, 0.25) is 0 Å². The van der Waals surface area contributed by atoms with Gasteiger partial charge in [0.25, 0.3) is 0 Å². The summed E-state index contributed by atoms with van der Waals surface area (Å²) in [7, 11) is 0. The van der Waals surface area contributed by atoms with Crippen molar-refractivity contribution in [3.05, 3.63) is 150 Å². The van der Waals surface area contributed by atoms with Crippen LogP contribution in [0.15, 0.2) is 121 Å². The molecule has 0 amide bonds. The molecule has 0 radical (unpaired) electrons. The number of aryl methyl sites for hydroxylation is 1. The van der Waals surface area contributed by atoms with Gasteiger partial charge >= 0.3 is 17.9 Å². The zero-order chi connectivity index (χ0) is 35.6. The molecule has 0 aromatic heterocycles. The summed E-state index contributed by atoms with van der Waals surface area (Å²) in [5.74, 6) is 13.2. The van der Waals surface area contributed by atoms with Crippen LogP contribution in [0.2, 0.25) is 0 Å². The molecule has 7 nitrogen and oxygen atoms in total. The van der Waals surface area contributed by atoms with Gasteiger partial charge in [-0.15, -0.1) is 11.8 Å². The minimum Gasteiger partial charge on any atom is -0.493 e. The third-order valence-electron chi connectivity index (χ3n) is 6.85. The van der Waals surface area contributed by atoms with Crippen LogP contribution in [0.4, 0.5) is 0 Å². The molecule has 0 spiro atoms. The molecule has 8 heteroatoms. The zero-order valence-electron chi connectivity index (χ0n) is 27.7. The van der Waals surface area contributed by atoms with E-state index < -0.39 is 17.9 Å². The van der Waals surface area contributed by atoms with E-state index in [0.717, 1.165) is 57.0 Å². The average molecular weight is 685 g/mol. The van der Waals surface area contributed by atoms with E-state index in [1.807, 2.05) is 67.6 Å². The Balaban J connectivity index is 1.23. The molecule has 0 aliphatic rings. The molecular weight excluding hydrogens is 649 g/mol. The van der Waals surface area contributed by atoms with Crippen LogP contribution in [-0.2, 0) is 19.1 Å². The lowest BCUT2D eigenvalue weighted by Crippen LogP contribution is -2.09. The highest BCUT2D eigenvalue weighted by Crippen LogP contribution is 2.21. The summed E-state index contributed by atoms with van der Waals surface area (Å²) >= 11 is 1.69. The number of hydrogen-bond acceptors (Lipinski definition) is 8. The van der Waals surface area contributed by atoms with Gasteiger partial charge in [-0.05, 0) is 110 Å². The maximum Gasteiger partial charge on any atom is 0.343 e. The summed E-state index contributed by atoms with van der Waals surface area (Å²) < 4.78 is 21.2. The monoisotopic (exact) mass is 684 g/mol. The van der Waals surface area contributed by atoms with Gasteiger partial charge in [-0.2, -0.15) is 0 Å². The van der Waals surface area contributed by atoms with Gasteiger partial charge in [-0.3, -0.25) is 0 Å². The summed E-state index contributed by atoms with van der Waals surface area (Å²) in [5, 5.41) is 0. The summed E-state index contributed by atoms with van der Waals surface area (Å²) in [4.78, 5) is 36.1. The lowest BCUT2D eigenvalue weighted by molar-refractivity contribution is -0.138. The third kappa shape index (κ3) is 12.6. The first kappa shape index (κ1) is 36.9. The number of esters is 3. The van der Waals surface area contributed by atoms with Gasteiger partial charge in [0.15, 0.2) is 0 Å². The molecule has 0 N–H and O–H groups in total. The fourth-order valence-electron chi connectivity index (χ4n) is 4.21. The van der Waals surface area contributed by atoms with Crippen LogP contribution >= 0.6 is 11.8 Å². The number of hydrogen-bond donors (Lipinski definition) is 0. The molecule has 0 heterocycles. The first-order valence-corrected chi connectivity index (χ1v) is 16.8. The minimum atomic E-state index is -0.460. The first-order chi connectivity index (χ1) is 24.3. The van der Waals surface area contributed by atoms with Gasteiger partial charge in [0, 0.05) is 51.5 Å². The summed E-state index contributed by atoms with van der Waals surface area (Å²) in [6.45, 7) is 9.67. The highest BCUT2D eigenvalue weighted by molar-refractivity contribution is 7.99. The van der Waals surface area contributed by atoms with Crippen molar-refractivity contribution >= 4 is 29.7 Å². The molecular formula is C42H36O7S. The van der Waals surface area contributed by atoms with E-state index in [2.05, 4.69) is 36.8 Å². The highest BCUT2D eigenvalue weighted by atomic mass is 32.2. The van der Waals surface area contributed by atoms with Crippen molar-refractivity contribution < 1.29 is 33.3 Å². The molecule has 0 unspecified atom stereocenters. The molecule has 0 aliphatic carbocycles. The molecule has 4 aromatic rings. The molecule has 50 heavy (non-hydrogen) atoms. The van der Waals surface area contributed by atoms with Gasteiger partial charge in [-0.1, -0.05) is 36.8 Å². The number of carbonyl (C=O) groups is 3.